The number of carbonyl (C=O) groups is 3. The molecule has 0 saturated carbocycles. The largest absolute Gasteiger partial charge is 0.459 e. The Labute approximate surface area is 168 Å². The summed E-state index contributed by atoms with van der Waals surface area (Å²) in [5.41, 5.74) is 1.03. The summed E-state index contributed by atoms with van der Waals surface area (Å²) >= 11 is 5.83. The van der Waals surface area contributed by atoms with Crippen molar-refractivity contribution in [3.63, 3.8) is 0 Å². The Bertz CT molecular complexity index is 787. The van der Waals surface area contributed by atoms with Gasteiger partial charge in [-0.3, -0.25) is 9.59 Å². The van der Waals surface area contributed by atoms with Gasteiger partial charge in [0.1, 0.15) is 6.04 Å². The van der Waals surface area contributed by atoms with Gasteiger partial charge in [-0.1, -0.05) is 37.6 Å². The zero-order valence-corrected chi connectivity index (χ0v) is 16.5. The standard InChI is InChI=1S/C20H23ClN2O5/c1-13(2)18(23-19(25)16-4-3-11-27-16)20(26)28-12-17(24)22-10-9-14-5-7-15(21)8-6-14/h3-8,11,13,18H,9-10,12H2,1-2H3,(H,22,24)(H,23,25)/t18-/m0/s1. The number of halogens is 1. The van der Waals surface area contributed by atoms with Gasteiger partial charge >= 0.3 is 5.97 Å². The highest BCUT2D eigenvalue weighted by molar-refractivity contribution is 6.30. The van der Waals surface area contributed by atoms with Gasteiger partial charge in [-0.15, -0.1) is 0 Å². The van der Waals surface area contributed by atoms with Crippen LogP contribution in [0.25, 0.3) is 0 Å². The zero-order chi connectivity index (χ0) is 20.5. The first-order chi connectivity index (χ1) is 13.4. The van der Waals surface area contributed by atoms with E-state index in [1.54, 1.807) is 32.0 Å². The first-order valence-electron chi connectivity index (χ1n) is 8.89. The lowest BCUT2D eigenvalue weighted by atomic mass is 10.0. The topological polar surface area (TPSA) is 97.6 Å². The Balaban J connectivity index is 1.75. The summed E-state index contributed by atoms with van der Waals surface area (Å²) in [5, 5.41) is 5.89. The second-order valence-electron chi connectivity index (χ2n) is 6.51. The number of carbonyl (C=O) groups excluding carboxylic acids is 3. The summed E-state index contributed by atoms with van der Waals surface area (Å²) in [7, 11) is 0. The Morgan fingerprint density at radius 1 is 1.14 bits per heavy atom. The van der Waals surface area contributed by atoms with Crippen molar-refractivity contribution in [2.45, 2.75) is 26.3 Å². The highest BCUT2D eigenvalue weighted by atomic mass is 35.5. The molecule has 0 bridgehead atoms. The van der Waals surface area contributed by atoms with E-state index in [2.05, 4.69) is 10.6 Å². The summed E-state index contributed by atoms with van der Waals surface area (Å²) in [6.45, 7) is 3.52. The molecule has 2 N–H and O–H groups in total. The molecule has 1 heterocycles. The molecule has 0 unspecified atom stereocenters. The van der Waals surface area contributed by atoms with Gasteiger partial charge < -0.3 is 19.8 Å². The summed E-state index contributed by atoms with van der Waals surface area (Å²) in [4.78, 5) is 36.2. The van der Waals surface area contributed by atoms with Crippen LogP contribution in [0.1, 0.15) is 30.0 Å². The first kappa shape index (κ1) is 21.5. The van der Waals surface area contributed by atoms with Gasteiger partial charge in [0.2, 0.25) is 0 Å². The number of nitrogens with one attached hydrogen (secondary N) is 2. The van der Waals surface area contributed by atoms with Gasteiger partial charge in [-0.2, -0.15) is 0 Å². The minimum Gasteiger partial charge on any atom is -0.459 e. The molecular weight excluding hydrogens is 384 g/mol. The highest BCUT2D eigenvalue weighted by Crippen LogP contribution is 2.10. The minimum atomic E-state index is -0.889. The lowest BCUT2D eigenvalue weighted by Crippen LogP contribution is -2.46. The van der Waals surface area contributed by atoms with Gasteiger partial charge in [0.15, 0.2) is 12.4 Å². The molecule has 0 fully saturated rings. The van der Waals surface area contributed by atoms with Crippen LogP contribution in [0.2, 0.25) is 5.02 Å². The third-order valence-corrected chi connectivity index (χ3v) is 4.20. The number of esters is 1. The number of benzene rings is 1. The Kier molecular flexibility index (Phi) is 8.07. The molecule has 8 heteroatoms. The van der Waals surface area contributed by atoms with E-state index in [-0.39, 0.29) is 11.7 Å². The molecule has 0 aliphatic heterocycles. The van der Waals surface area contributed by atoms with Crippen molar-refractivity contribution in [2.24, 2.45) is 5.92 Å². The lowest BCUT2D eigenvalue weighted by Gasteiger charge is -2.20. The molecule has 28 heavy (non-hydrogen) atoms. The predicted molar refractivity (Wildman–Crippen MR) is 104 cm³/mol. The fourth-order valence-corrected chi connectivity index (χ4v) is 2.52. The molecule has 0 spiro atoms. The summed E-state index contributed by atoms with van der Waals surface area (Å²) in [6, 6.07) is 9.50. The van der Waals surface area contributed by atoms with E-state index in [9.17, 15) is 14.4 Å². The molecule has 2 rings (SSSR count). The van der Waals surface area contributed by atoms with Gasteiger partial charge in [-0.05, 0) is 42.2 Å². The summed E-state index contributed by atoms with van der Waals surface area (Å²) in [6.07, 6.45) is 2.00. The van der Waals surface area contributed by atoms with Crippen LogP contribution in [0.3, 0.4) is 0 Å². The molecule has 1 aromatic carbocycles. The molecular formula is C20H23ClN2O5. The average molecular weight is 407 g/mol. The van der Waals surface area contributed by atoms with Crippen molar-refractivity contribution < 1.29 is 23.5 Å². The monoisotopic (exact) mass is 406 g/mol. The third-order valence-electron chi connectivity index (χ3n) is 3.95. The predicted octanol–water partition coefficient (Wildman–Crippen LogP) is 2.59. The van der Waals surface area contributed by atoms with E-state index in [0.29, 0.717) is 18.0 Å². The van der Waals surface area contributed by atoms with Crippen LogP contribution in [0.4, 0.5) is 0 Å². The van der Waals surface area contributed by atoms with Crippen LogP contribution in [0.15, 0.2) is 47.1 Å². The number of ether oxygens (including phenoxy) is 1. The number of hydrogen-bond acceptors (Lipinski definition) is 5. The summed E-state index contributed by atoms with van der Waals surface area (Å²) in [5.74, 6) is -1.74. The lowest BCUT2D eigenvalue weighted by molar-refractivity contribution is -0.151. The third kappa shape index (κ3) is 6.74. The normalized spacial score (nSPS) is 11.7. The molecule has 1 aromatic heterocycles. The molecule has 0 radical (unpaired) electrons. The molecule has 2 amide bonds. The van der Waals surface area contributed by atoms with E-state index < -0.39 is 30.4 Å². The Morgan fingerprint density at radius 2 is 1.86 bits per heavy atom. The molecule has 0 aliphatic rings. The van der Waals surface area contributed by atoms with Gasteiger partial charge in [0.05, 0.1) is 6.26 Å². The smallest absolute Gasteiger partial charge is 0.329 e. The molecule has 0 saturated heterocycles. The van der Waals surface area contributed by atoms with Crippen molar-refractivity contribution >= 4 is 29.4 Å². The van der Waals surface area contributed by atoms with Crippen LogP contribution >= 0.6 is 11.6 Å². The SMILES string of the molecule is CC(C)[C@H](NC(=O)c1ccco1)C(=O)OCC(=O)NCCc1ccc(Cl)cc1. The van der Waals surface area contributed by atoms with E-state index in [1.807, 2.05) is 12.1 Å². The number of hydrogen-bond donors (Lipinski definition) is 2. The molecule has 0 aliphatic carbocycles. The number of amides is 2. The van der Waals surface area contributed by atoms with Crippen molar-refractivity contribution in [1.29, 1.82) is 0 Å². The fraction of sp³-hybridized carbons (Fsp3) is 0.350. The van der Waals surface area contributed by atoms with Gasteiger partial charge in [-0.25, -0.2) is 4.79 Å². The average Bonchev–Trinajstić information content (AvgIpc) is 3.20. The van der Waals surface area contributed by atoms with Crippen LogP contribution in [-0.4, -0.2) is 37.0 Å². The van der Waals surface area contributed by atoms with Crippen LogP contribution < -0.4 is 10.6 Å². The Hall–Kier alpha value is -2.80. The van der Waals surface area contributed by atoms with Gasteiger partial charge in [0.25, 0.3) is 11.8 Å². The van der Waals surface area contributed by atoms with Crippen molar-refractivity contribution in [1.82, 2.24) is 10.6 Å². The number of rotatable bonds is 9. The molecule has 7 nitrogen and oxygen atoms in total. The van der Waals surface area contributed by atoms with E-state index in [1.165, 1.54) is 12.3 Å². The first-order valence-corrected chi connectivity index (χ1v) is 9.26. The fourth-order valence-electron chi connectivity index (χ4n) is 2.39. The van der Waals surface area contributed by atoms with Crippen LogP contribution in [-0.2, 0) is 20.7 Å². The van der Waals surface area contributed by atoms with Crippen LogP contribution in [0, 0.1) is 5.92 Å². The number of furan rings is 1. The molecule has 150 valence electrons. The van der Waals surface area contributed by atoms with Crippen molar-refractivity contribution in [3.05, 3.63) is 59.0 Å². The zero-order valence-electron chi connectivity index (χ0n) is 15.7. The summed E-state index contributed by atoms with van der Waals surface area (Å²) < 4.78 is 10.1. The van der Waals surface area contributed by atoms with E-state index in [4.69, 9.17) is 20.8 Å². The van der Waals surface area contributed by atoms with Crippen molar-refractivity contribution in [2.75, 3.05) is 13.2 Å². The molecule has 1 atom stereocenters. The highest BCUT2D eigenvalue weighted by Gasteiger charge is 2.27. The van der Waals surface area contributed by atoms with Crippen LogP contribution in [0.5, 0.6) is 0 Å². The molecule has 2 aromatic rings. The quantitative estimate of drug-likeness (QED) is 0.624. The van der Waals surface area contributed by atoms with Crippen molar-refractivity contribution in [3.8, 4) is 0 Å². The Morgan fingerprint density at radius 3 is 2.46 bits per heavy atom. The second-order valence-corrected chi connectivity index (χ2v) is 6.94. The van der Waals surface area contributed by atoms with Gasteiger partial charge in [0, 0.05) is 11.6 Å². The van der Waals surface area contributed by atoms with E-state index >= 15 is 0 Å². The minimum absolute atomic E-state index is 0.0957. The second kappa shape index (κ2) is 10.5. The maximum atomic E-state index is 12.3. The maximum Gasteiger partial charge on any atom is 0.329 e. The van der Waals surface area contributed by atoms with E-state index in [0.717, 1.165) is 5.56 Å². The maximum absolute atomic E-state index is 12.3.